The standard InChI is InChI=1S/C22H39N4O15P3S2/c1-46(2,14-24-22(28)38-16-8-6-4-3-5-7-9-16)45-15-36-17-12-20(26-11-10-19(23)25-21(26)27)39-18(17)13-37-43(32,33)41-44(34,35)40-42(29,30)31/h3-4,10-11,16-18,20H,5-9,12-15H2,1-2H3,(H,24,28)(H,32,33)(H,34,35)(H2,23,25,27)(H2,29,30,31)/b4-3+/t16?,17?,18-,20-/m1/s1. The molecule has 4 unspecified atom stereocenters. The van der Waals surface area contributed by atoms with Crippen molar-refractivity contribution in [1.29, 1.82) is 0 Å². The van der Waals surface area contributed by atoms with E-state index in [-0.39, 0.29) is 24.3 Å². The van der Waals surface area contributed by atoms with Crippen LogP contribution >= 0.6 is 43.3 Å². The van der Waals surface area contributed by atoms with Crippen LogP contribution < -0.4 is 16.7 Å². The number of amides is 1. The van der Waals surface area contributed by atoms with Gasteiger partial charge in [-0.3, -0.25) is 9.09 Å². The summed E-state index contributed by atoms with van der Waals surface area (Å²) in [5, 5.41) is 2.81. The maximum Gasteiger partial charge on any atom is 0.490 e. The number of nitrogens with two attached hydrogens (primary N) is 1. The number of carbonyl (C=O) groups excluding carboxylic acids is 1. The van der Waals surface area contributed by atoms with Crippen LogP contribution in [0.2, 0.25) is 0 Å². The third kappa shape index (κ3) is 14.1. The summed E-state index contributed by atoms with van der Waals surface area (Å²) in [6, 6.07) is 1.36. The normalized spacial score (nSPS) is 26.2. The maximum atomic E-state index is 12.4. The molecule has 2 aliphatic rings. The number of phosphoric acid groups is 3. The van der Waals surface area contributed by atoms with Gasteiger partial charge in [-0.25, -0.2) is 23.3 Å². The Morgan fingerprint density at radius 1 is 1.15 bits per heavy atom. The van der Waals surface area contributed by atoms with Gasteiger partial charge in [0.1, 0.15) is 30.2 Å². The van der Waals surface area contributed by atoms with E-state index < -0.39 is 69.4 Å². The second-order valence-electron chi connectivity index (χ2n) is 10.5. The number of aromatic nitrogens is 2. The molecule has 1 aliphatic carbocycles. The van der Waals surface area contributed by atoms with Crippen LogP contribution in [0.4, 0.5) is 10.6 Å². The highest BCUT2D eigenvalue weighted by atomic mass is 33.2. The highest BCUT2D eigenvalue weighted by Crippen LogP contribution is 2.66. The zero-order valence-corrected chi connectivity index (χ0v) is 29.2. The molecule has 0 aromatic carbocycles. The van der Waals surface area contributed by atoms with E-state index in [4.69, 9.17) is 34.3 Å². The molecule has 0 spiro atoms. The average molecular weight is 757 g/mol. The summed E-state index contributed by atoms with van der Waals surface area (Å²) in [5.41, 5.74) is 4.81. The van der Waals surface area contributed by atoms with Gasteiger partial charge in [0.2, 0.25) is 0 Å². The third-order valence-electron chi connectivity index (χ3n) is 6.37. The van der Waals surface area contributed by atoms with Gasteiger partial charge in [-0.05, 0) is 50.7 Å². The predicted octanol–water partition coefficient (Wildman–Crippen LogP) is 3.08. The van der Waals surface area contributed by atoms with E-state index in [0.29, 0.717) is 5.88 Å². The fraction of sp³-hybridized carbons (Fsp3) is 0.682. The van der Waals surface area contributed by atoms with Gasteiger partial charge in [0, 0.05) is 12.6 Å². The molecule has 0 bridgehead atoms. The van der Waals surface area contributed by atoms with Crippen LogP contribution in [0.15, 0.2) is 29.2 Å². The Labute approximate surface area is 269 Å². The van der Waals surface area contributed by atoms with Gasteiger partial charge >= 0.3 is 35.3 Å². The topological polar surface area (TPSA) is 278 Å². The van der Waals surface area contributed by atoms with E-state index in [1.54, 1.807) is 0 Å². The second kappa shape index (κ2) is 16.9. The summed E-state index contributed by atoms with van der Waals surface area (Å²) in [6.45, 7) is -0.784. The minimum absolute atomic E-state index is 0.0304. The second-order valence-corrected chi connectivity index (χ2v) is 22.0. The quantitative estimate of drug-likeness (QED) is 0.0649. The van der Waals surface area contributed by atoms with Crippen LogP contribution in [0.25, 0.3) is 0 Å². The predicted molar refractivity (Wildman–Crippen MR) is 169 cm³/mol. The zero-order valence-electron chi connectivity index (χ0n) is 24.9. The Morgan fingerprint density at radius 2 is 1.87 bits per heavy atom. The van der Waals surface area contributed by atoms with Crippen molar-refractivity contribution in [3.05, 3.63) is 34.9 Å². The van der Waals surface area contributed by atoms with Crippen LogP contribution in [-0.2, 0) is 41.1 Å². The maximum absolute atomic E-state index is 12.4. The van der Waals surface area contributed by atoms with Gasteiger partial charge < -0.3 is 44.8 Å². The lowest BCUT2D eigenvalue weighted by Crippen LogP contribution is -2.31. The number of hydrogen-bond donors (Lipinski definition) is 6. The lowest BCUT2D eigenvalue weighted by atomic mass is 10.0. The van der Waals surface area contributed by atoms with Crippen molar-refractivity contribution < 1.29 is 65.4 Å². The number of nitrogen functional groups attached to an aromatic ring is 1. The number of nitrogens with one attached hydrogen (secondary N) is 1. The van der Waals surface area contributed by atoms with Gasteiger partial charge in [-0.15, -0.1) is 0 Å². The number of alkyl carbamates (subject to hydrolysis) is 1. The molecule has 46 heavy (non-hydrogen) atoms. The van der Waals surface area contributed by atoms with E-state index in [1.807, 2.05) is 12.5 Å². The SMILES string of the molecule is CS(C)(CNC(=O)OC1CC/C=C/CCC1)SCOC1C[C@H](n2ccc(N)nc2=O)O[C@@H]1COP(=O)(O)OP(=O)(O)OP(=O)(O)O. The third-order valence-corrected chi connectivity index (χ3v) is 14.4. The van der Waals surface area contributed by atoms with Gasteiger partial charge in [0.05, 0.1) is 18.6 Å². The summed E-state index contributed by atoms with van der Waals surface area (Å²) in [4.78, 5) is 65.2. The number of anilines is 1. The smallest absolute Gasteiger partial charge is 0.446 e. The summed E-state index contributed by atoms with van der Waals surface area (Å²) in [7, 11) is -16.9. The number of allylic oxidation sites excluding steroid dienone is 2. The molecule has 2 heterocycles. The summed E-state index contributed by atoms with van der Waals surface area (Å²) >= 11 is 0. The van der Waals surface area contributed by atoms with Crippen LogP contribution in [-0.4, -0.2) is 84.5 Å². The molecule has 1 saturated heterocycles. The molecule has 1 aliphatic heterocycles. The molecule has 1 aromatic rings. The number of ether oxygens (including phenoxy) is 3. The Kier molecular flexibility index (Phi) is 14.4. The van der Waals surface area contributed by atoms with Gasteiger partial charge in [0.25, 0.3) is 0 Å². The summed E-state index contributed by atoms with van der Waals surface area (Å²) in [5.74, 6) is 0.352. The number of nitrogens with zero attached hydrogens (tertiary/aromatic N) is 2. The molecule has 3 rings (SSSR count). The molecule has 7 N–H and O–H groups in total. The minimum atomic E-state index is -5.73. The van der Waals surface area contributed by atoms with Crippen LogP contribution in [0.5, 0.6) is 0 Å². The first-order chi connectivity index (χ1) is 21.3. The van der Waals surface area contributed by atoms with E-state index in [2.05, 4.69) is 31.1 Å². The van der Waals surface area contributed by atoms with Crippen LogP contribution in [0.3, 0.4) is 0 Å². The summed E-state index contributed by atoms with van der Waals surface area (Å²) in [6.07, 6.45) is 10.1. The van der Waals surface area contributed by atoms with E-state index >= 15 is 0 Å². The molecule has 0 radical (unpaired) electrons. The molecule has 1 aromatic heterocycles. The van der Waals surface area contributed by atoms with Crippen molar-refractivity contribution in [1.82, 2.24) is 14.9 Å². The Morgan fingerprint density at radius 3 is 2.57 bits per heavy atom. The number of rotatable bonds is 15. The molecule has 264 valence electrons. The molecule has 6 atom stereocenters. The van der Waals surface area contributed by atoms with Crippen molar-refractivity contribution in [2.75, 3.05) is 36.7 Å². The zero-order chi connectivity index (χ0) is 34.2. The van der Waals surface area contributed by atoms with Gasteiger partial charge in [-0.2, -0.15) is 22.7 Å². The lowest BCUT2D eigenvalue weighted by Gasteiger charge is -2.31. The molecule has 0 saturated carbocycles. The van der Waals surface area contributed by atoms with E-state index in [9.17, 15) is 33.1 Å². The summed E-state index contributed by atoms with van der Waals surface area (Å²) < 4.78 is 65.5. The van der Waals surface area contributed by atoms with Crippen molar-refractivity contribution >= 4 is 55.2 Å². The fourth-order valence-corrected chi connectivity index (χ4v) is 9.71. The molecular weight excluding hydrogens is 717 g/mol. The van der Waals surface area contributed by atoms with Crippen LogP contribution in [0, 0.1) is 0 Å². The van der Waals surface area contributed by atoms with Crippen LogP contribution in [0.1, 0.15) is 44.8 Å². The largest absolute Gasteiger partial charge is 0.490 e. The first kappa shape index (κ1) is 39.2. The van der Waals surface area contributed by atoms with Crippen molar-refractivity contribution in [2.24, 2.45) is 0 Å². The van der Waals surface area contributed by atoms with Gasteiger partial charge in [-0.1, -0.05) is 22.9 Å². The highest BCUT2D eigenvalue weighted by molar-refractivity contribution is 8.93. The molecular formula is C22H39N4O15P3S2. The van der Waals surface area contributed by atoms with Crippen molar-refractivity contribution in [3.63, 3.8) is 0 Å². The first-order valence-corrected chi connectivity index (χ1v) is 22.3. The number of carbonyl (C=O) groups is 1. The van der Waals surface area contributed by atoms with E-state index in [1.165, 1.54) is 23.1 Å². The number of phosphoric ester groups is 1. The van der Waals surface area contributed by atoms with Crippen molar-refractivity contribution in [2.45, 2.75) is 63.1 Å². The lowest BCUT2D eigenvalue weighted by molar-refractivity contribution is -0.0543. The monoisotopic (exact) mass is 756 g/mol. The highest BCUT2D eigenvalue weighted by Gasteiger charge is 2.43. The molecule has 1 fully saturated rings. The Balaban J connectivity index is 1.58. The Hall–Kier alpha value is -1.28. The Bertz CT molecular complexity index is 1430. The number of hydrogen-bond acceptors (Lipinski definition) is 14. The first-order valence-electron chi connectivity index (χ1n) is 13.7. The van der Waals surface area contributed by atoms with E-state index in [0.717, 1.165) is 36.7 Å². The van der Waals surface area contributed by atoms with Gasteiger partial charge in [0.15, 0.2) is 0 Å². The fourth-order valence-electron chi connectivity index (χ4n) is 4.27. The molecule has 1 amide bonds. The molecule has 24 heteroatoms. The average Bonchev–Trinajstić information content (AvgIpc) is 3.28. The van der Waals surface area contributed by atoms with Crippen molar-refractivity contribution in [3.8, 4) is 0 Å². The molecule has 19 nitrogen and oxygen atoms in total. The minimum Gasteiger partial charge on any atom is -0.446 e.